The lowest BCUT2D eigenvalue weighted by Gasteiger charge is -2.58. The molecule has 0 unspecified atom stereocenters. The van der Waals surface area contributed by atoms with Crippen molar-refractivity contribution >= 4 is 0 Å². The maximum atomic E-state index is 10.1. The number of aliphatic hydroxyl groups excluding tert-OH is 4. The first-order valence-electron chi connectivity index (χ1n) is 8.34. The van der Waals surface area contributed by atoms with E-state index in [-0.39, 0.29) is 11.7 Å². The molecule has 0 amide bonds. The number of rotatable bonds is 3. The number of hydrogen-bond acceptors (Lipinski definition) is 7. The van der Waals surface area contributed by atoms with E-state index in [9.17, 15) is 20.4 Å². The van der Waals surface area contributed by atoms with E-state index in [4.69, 9.17) is 14.2 Å². The fraction of sp³-hybridized carbons (Fsp3) is 1.00. The number of hydrogen-bond donors (Lipinski definition) is 4. The number of aliphatic hydroxyl groups is 4. The first-order chi connectivity index (χ1) is 10.7. The molecule has 0 spiro atoms. The van der Waals surface area contributed by atoms with E-state index in [0.29, 0.717) is 5.92 Å². The molecular formula is C16H28O7. The third kappa shape index (κ3) is 2.93. The predicted octanol–water partition coefficient (Wildman–Crippen LogP) is -0.461. The Balaban J connectivity index is 1.72. The topological polar surface area (TPSA) is 109 Å². The van der Waals surface area contributed by atoms with Crippen molar-refractivity contribution in [1.29, 1.82) is 0 Å². The Hall–Kier alpha value is -0.280. The van der Waals surface area contributed by atoms with E-state index >= 15 is 0 Å². The quantitative estimate of drug-likeness (QED) is 0.554. The summed E-state index contributed by atoms with van der Waals surface area (Å²) in [6.45, 7) is 5.70. The third-order valence-corrected chi connectivity index (χ3v) is 5.80. The highest BCUT2D eigenvalue weighted by molar-refractivity contribution is 5.04. The molecule has 4 rings (SSSR count). The fourth-order valence-corrected chi connectivity index (χ4v) is 4.22. The first-order valence-corrected chi connectivity index (χ1v) is 8.34. The average molecular weight is 332 g/mol. The molecule has 7 nitrogen and oxygen atoms in total. The minimum absolute atomic E-state index is 0.206. The van der Waals surface area contributed by atoms with Crippen LogP contribution in [-0.2, 0) is 14.2 Å². The summed E-state index contributed by atoms with van der Waals surface area (Å²) in [6, 6.07) is 0. The molecule has 3 aliphatic heterocycles. The molecule has 4 N–H and O–H groups in total. The normalized spacial score (nSPS) is 52.6. The summed E-state index contributed by atoms with van der Waals surface area (Å²) in [6.07, 6.45) is -3.76. The molecule has 134 valence electrons. The molecule has 4 aliphatic rings. The first kappa shape index (κ1) is 17.5. The van der Waals surface area contributed by atoms with Crippen LogP contribution in [0.25, 0.3) is 0 Å². The van der Waals surface area contributed by atoms with Crippen LogP contribution in [0.4, 0.5) is 0 Å². The Kier molecular flexibility index (Phi) is 4.51. The summed E-state index contributed by atoms with van der Waals surface area (Å²) in [4.78, 5) is 0. The van der Waals surface area contributed by atoms with Crippen LogP contribution in [0.3, 0.4) is 0 Å². The maximum Gasteiger partial charge on any atom is 0.187 e. The maximum absolute atomic E-state index is 10.1. The largest absolute Gasteiger partial charge is 0.394 e. The summed E-state index contributed by atoms with van der Waals surface area (Å²) in [7, 11) is 0. The van der Waals surface area contributed by atoms with Gasteiger partial charge < -0.3 is 34.6 Å². The van der Waals surface area contributed by atoms with Gasteiger partial charge in [-0.1, -0.05) is 0 Å². The van der Waals surface area contributed by atoms with Crippen molar-refractivity contribution in [2.45, 2.75) is 88.0 Å². The van der Waals surface area contributed by atoms with E-state index in [1.165, 1.54) is 0 Å². The van der Waals surface area contributed by atoms with Gasteiger partial charge in [-0.25, -0.2) is 0 Å². The van der Waals surface area contributed by atoms with Gasteiger partial charge in [0.05, 0.1) is 23.9 Å². The SMILES string of the molecule is CC1(C)O[C@@]2(C)CC[C@@H]1C[C@H]2O[C@H]1O[C@@H](CO)[C@@H](O)[C@@H](O)[C@@H]1O. The van der Waals surface area contributed by atoms with Crippen LogP contribution in [0.5, 0.6) is 0 Å². The number of fused-ring (bicyclic) bond motifs is 3. The van der Waals surface area contributed by atoms with Gasteiger partial charge in [-0.15, -0.1) is 0 Å². The summed E-state index contributed by atoms with van der Waals surface area (Å²) >= 11 is 0. The second-order valence-electron chi connectivity index (χ2n) is 7.81. The van der Waals surface area contributed by atoms with Crippen LogP contribution in [0.2, 0.25) is 0 Å². The molecule has 4 fully saturated rings. The van der Waals surface area contributed by atoms with Crippen LogP contribution in [0.1, 0.15) is 40.0 Å². The molecule has 0 aromatic rings. The Morgan fingerprint density at radius 2 is 1.78 bits per heavy atom. The van der Waals surface area contributed by atoms with E-state index < -0.39 is 42.9 Å². The van der Waals surface area contributed by atoms with Crippen molar-refractivity contribution in [1.82, 2.24) is 0 Å². The minimum Gasteiger partial charge on any atom is -0.394 e. The van der Waals surface area contributed by atoms with Gasteiger partial charge in [-0.2, -0.15) is 0 Å². The minimum atomic E-state index is -1.42. The molecule has 2 bridgehead atoms. The van der Waals surface area contributed by atoms with Gasteiger partial charge in [0.2, 0.25) is 0 Å². The van der Waals surface area contributed by atoms with E-state index in [0.717, 1.165) is 19.3 Å². The molecular weight excluding hydrogens is 304 g/mol. The van der Waals surface area contributed by atoms with Crippen LogP contribution < -0.4 is 0 Å². The van der Waals surface area contributed by atoms with Crippen molar-refractivity contribution in [3.63, 3.8) is 0 Å². The molecule has 0 aromatic carbocycles. The van der Waals surface area contributed by atoms with Crippen molar-refractivity contribution in [3.05, 3.63) is 0 Å². The molecule has 0 aromatic heterocycles. The summed E-state index contributed by atoms with van der Waals surface area (Å²) in [5.74, 6) is 0.360. The lowest BCUT2D eigenvalue weighted by molar-refractivity contribution is -0.353. The van der Waals surface area contributed by atoms with Gasteiger partial charge in [0, 0.05) is 0 Å². The zero-order valence-electron chi connectivity index (χ0n) is 13.9. The monoisotopic (exact) mass is 332 g/mol. The highest BCUT2D eigenvalue weighted by atomic mass is 16.7. The van der Waals surface area contributed by atoms with Gasteiger partial charge >= 0.3 is 0 Å². The molecule has 1 saturated carbocycles. The zero-order valence-corrected chi connectivity index (χ0v) is 13.9. The second-order valence-corrected chi connectivity index (χ2v) is 7.81. The van der Waals surface area contributed by atoms with Crippen molar-refractivity contribution in [3.8, 4) is 0 Å². The van der Waals surface area contributed by atoms with Crippen molar-refractivity contribution in [2.75, 3.05) is 6.61 Å². The summed E-state index contributed by atoms with van der Waals surface area (Å²) < 4.78 is 17.6. The van der Waals surface area contributed by atoms with Gasteiger partial charge in [-0.05, 0) is 46.0 Å². The van der Waals surface area contributed by atoms with Crippen molar-refractivity contribution < 1.29 is 34.6 Å². The predicted molar refractivity (Wildman–Crippen MR) is 79.6 cm³/mol. The Morgan fingerprint density at radius 3 is 2.35 bits per heavy atom. The third-order valence-electron chi connectivity index (χ3n) is 5.80. The number of ether oxygens (including phenoxy) is 3. The molecule has 0 radical (unpaired) electrons. The molecule has 1 aliphatic carbocycles. The fourth-order valence-electron chi connectivity index (χ4n) is 4.22. The smallest absolute Gasteiger partial charge is 0.187 e. The second kappa shape index (κ2) is 5.91. The standard InChI is InChI=1S/C16H28O7/c1-15(2)8-4-5-16(3,23-15)10(6-8)22-14-13(20)12(19)11(18)9(7-17)21-14/h8-14,17-20H,4-7H2,1-3H3/t8-,9+,10-,11-,12-,13+,14-,16+/m1/s1. The average Bonchev–Trinajstić information content (AvgIpc) is 2.48. The van der Waals surface area contributed by atoms with Gasteiger partial charge in [-0.3, -0.25) is 0 Å². The van der Waals surface area contributed by atoms with Crippen LogP contribution in [0.15, 0.2) is 0 Å². The van der Waals surface area contributed by atoms with Gasteiger partial charge in [0.25, 0.3) is 0 Å². The van der Waals surface area contributed by atoms with Crippen molar-refractivity contribution in [2.24, 2.45) is 5.92 Å². The summed E-state index contributed by atoms with van der Waals surface area (Å²) in [5, 5.41) is 39.1. The zero-order chi connectivity index (χ0) is 17.0. The highest BCUT2D eigenvalue weighted by Crippen LogP contribution is 2.51. The Labute approximate surface area is 136 Å². The van der Waals surface area contributed by atoms with Gasteiger partial charge in [0.15, 0.2) is 6.29 Å². The van der Waals surface area contributed by atoms with E-state index in [2.05, 4.69) is 13.8 Å². The molecule has 7 heteroatoms. The Bertz CT molecular complexity index is 440. The lowest BCUT2D eigenvalue weighted by atomic mass is 9.67. The summed E-state index contributed by atoms with van der Waals surface area (Å²) in [5.41, 5.74) is -0.681. The Morgan fingerprint density at radius 1 is 1.09 bits per heavy atom. The van der Waals surface area contributed by atoms with E-state index in [1.54, 1.807) is 0 Å². The molecule has 3 heterocycles. The molecule has 3 saturated heterocycles. The molecule has 23 heavy (non-hydrogen) atoms. The van der Waals surface area contributed by atoms with Crippen LogP contribution in [0, 0.1) is 5.92 Å². The van der Waals surface area contributed by atoms with Gasteiger partial charge in [0.1, 0.15) is 24.4 Å². The highest BCUT2D eigenvalue weighted by Gasteiger charge is 2.56. The van der Waals surface area contributed by atoms with Crippen LogP contribution in [-0.4, -0.2) is 75.0 Å². The van der Waals surface area contributed by atoms with Crippen LogP contribution >= 0.6 is 0 Å². The molecule has 8 atom stereocenters. The lowest BCUT2D eigenvalue weighted by Crippen LogP contribution is -2.65. The van der Waals surface area contributed by atoms with E-state index in [1.807, 2.05) is 6.92 Å².